The maximum Gasteiger partial charge on any atom is 0.191 e. The predicted octanol–water partition coefficient (Wildman–Crippen LogP) is 3.09. The minimum atomic E-state index is 0.534. The van der Waals surface area contributed by atoms with Crippen LogP contribution in [-0.2, 0) is 0 Å². The first-order valence-electron chi connectivity index (χ1n) is 7.42. The molecule has 1 aliphatic rings. The number of aliphatic imine (C=N–C) groups is 1. The van der Waals surface area contributed by atoms with Gasteiger partial charge in [0.25, 0.3) is 0 Å². The van der Waals surface area contributed by atoms with Gasteiger partial charge in [0.1, 0.15) is 0 Å². The first-order valence-corrected chi connectivity index (χ1v) is 7.42. The van der Waals surface area contributed by atoms with Crippen LogP contribution in [0.5, 0.6) is 0 Å². The molecule has 18 heavy (non-hydrogen) atoms. The van der Waals surface area contributed by atoms with Gasteiger partial charge >= 0.3 is 0 Å². The molecule has 0 saturated carbocycles. The highest BCUT2D eigenvalue weighted by atomic mass is 15.2. The van der Waals surface area contributed by atoms with Crippen LogP contribution in [-0.4, -0.2) is 25.6 Å². The van der Waals surface area contributed by atoms with Crippen molar-refractivity contribution in [2.24, 2.45) is 10.9 Å². The van der Waals surface area contributed by atoms with E-state index in [1.54, 1.807) is 0 Å². The lowest BCUT2D eigenvalue weighted by Crippen LogP contribution is -2.44. The molecular weight excluding hydrogens is 222 g/mol. The third-order valence-corrected chi connectivity index (χ3v) is 3.67. The van der Waals surface area contributed by atoms with Crippen molar-refractivity contribution in [3.05, 3.63) is 12.2 Å². The Morgan fingerprint density at radius 3 is 2.61 bits per heavy atom. The lowest BCUT2D eigenvalue weighted by molar-refractivity contribution is 0.442. The zero-order valence-electron chi connectivity index (χ0n) is 12.2. The monoisotopic (exact) mass is 251 g/mol. The number of guanidine groups is 1. The molecule has 0 aromatic rings. The first-order chi connectivity index (χ1) is 8.80. The van der Waals surface area contributed by atoms with Crippen LogP contribution in [0, 0.1) is 5.92 Å². The van der Waals surface area contributed by atoms with Crippen molar-refractivity contribution in [3.63, 3.8) is 0 Å². The molecule has 1 atom stereocenters. The fourth-order valence-corrected chi connectivity index (χ4v) is 2.31. The number of unbranched alkanes of at least 4 members (excludes halogenated alkanes) is 1. The summed E-state index contributed by atoms with van der Waals surface area (Å²) in [5, 5.41) is 6.94. The van der Waals surface area contributed by atoms with E-state index in [4.69, 9.17) is 0 Å². The van der Waals surface area contributed by atoms with Gasteiger partial charge in [0, 0.05) is 19.6 Å². The van der Waals surface area contributed by atoms with Gasteiger partial charge in [-0.2, -0.15) is 0 Å². The number of hydrogen-bond donors (Lipinski definition) is 2. The summed E-state index contributed by atoms with van der Waals surface area (Å²) in [6.45, 7) is 5.57. The van der Waals surface area contributed by atoms with E-state index in [1.165, 1.54) is 25.7 Å². The van der Waals surface area contributed by atoms with Crippen LogP contribution in [0.2, 0.25) is 0 Å². The predicted molar refractivity (Wildman–Crippen MR) is 80.0 cm³/mol. The molecule has 1 rings (SSSR count). The van der Waals surface area contributed by atoms with Gasteiger partial charge in [0.05, 0.1) is 0 Å². The van der Waals surface area contributed by atoms with E-state index in [1.807, 2.05) is 7.05 Å². The van der Waals surface area contributed by atoms with Crippen molar-refractivity contribution < 1.29 is 0 Å². The van der Waals surface area contributed by atoms with Crippen LogP contribution in [0.4, 0.5) is 0 Å². The molecule has 3 nitrogen and oxygen atoms in total. The summed E-state index contributed by atoms with van der Waals surface area (Å²) >= 11 is 0. The molecule has 0 radical (unpaired) electrons. The average Bonchev–Trinajstić information content (AvgIpc) is 2.90. The Balaban J connectivity index is 2.25. The van der Waals surface area contributed by atoms with E-state index in [0.29, 0.717) is 6.04 Å². The van der Waals surface area contributed by atoms with Crippen molar-refractivity contribution in [3.8, 4) is 0 Å². The fraction of sp³-hybridized carbons (Fsp3) is 0.800. The summed E-state index contributed by atoms with van der Waals surface area (Å²) in [6, 6.07) is 0.534. The quantitative estimate of drug-likeness (QED) is 0.414. The minimum Gasteiger partial charge on any atom is -0.356 e. The van der Waals surface area contributed by atoms with Crippen LogP contribution >= 0.6 is 0 Å². The Hall–Kier alpha value is -0.990. The molecule has 0 amide bonds. The zero-order valence-corrected chi connectivity index (χ0v) is 12.2. The summed E-state index contributed by atoms with van der Waals surface area (Å²) in [5.41, 5.74) is 0. The Kier molecular flexibility index (Phi) is 7.54. The molecule has 1 aliphatic carbocycles. The zero-order chi connectivity index (χ0) is 13.2. The highest BCUT2D eigenvalue weighted by Crippen LogP contribution is 2.11. The molecule has 0 spiro atoms. The van der Waals surface area contributed by atoms with E-state index in [2.05, 4.69) is 41.6 Å². The molecule has 104 valence electrons. The largest absolute Gasteiger partial charge is 0.356 e. The lowest BCUT2D eigenvalue weighted by atomic mass is 9.99. The Morgan fingerprint density at radius 2 is 2.06 bits per heavy atom. The molecule has 0 saturated heterocycles. The highest BCUT2D eigenvalue weighted by molar-refractivity contribution is 5.80. The number of rotatable bonds is 7. The summed E-state index contributed by atoms with van der Waals surface area (Å²) in [6.07, 6.45) is 11.9. The maximum absolute atomic E-state index is 4.30. The molecule has 0 aliphatic heterocycles. The normalized spacial score (nSPS) is 18.1. The lowest BCUT2D eigenvalue weighted by Gasteiger charge is -2.20. The van der Waals surface area contributed by atoms with Crippen LogP contribution in [0.3, 0.4) is 0 Å². The number of hydrogen-bond acceptors (Lipinski definition) is 1. The standard InChI is InChI=1S/C15H29N3/c1-4-6-9-13(5-2)12-17-15(16-3)18-14-10-7-8-11-14/h7-8,13-14H,4-6,9-12H2,1-3H3,(H2,16,17,18). The fourth-order valence-electron chi connectivity index (χ4n) is 2.31. The Bertz CT molecular complexity index is 263. The number of nitrogens with zero attached hydrogens (tertiary/aromatic N) is 1. The van der Waals surface area contributed by atoms with Crippen LogP contribution in [0.25, 0.3) is 0 Å². The van der Waals surface area contributed by atoms with Crippen molar-refractivity contribution in [1.82, 2.24) is 10.6 Å². The highest BCUT2D eigenvalue weighted by Gasteiger charge is 2.12. The molecule has 0 fully saturated rings. The van der Waals surface area contributed by atoms with Crippen molar-refractivity contribution >= 4 is 5.96 Å². The van der Waals surface area contributed by atoms with Crippen molar-refractivity contribution in [2.45, 2.75) is 58.4 Å². The minimum absolute atomic E-state index is 0.534. The molecule has 0 aromatic heterocycles. The third-order valence-electron chi connectivity index (χ3n) is 3.67. The van der Waals surface area contributed by atoms with Gasteiger partial charge in [-0.25, -0.2) is 0 Å². The van der Waals surface area contributed by atoms with Crippen LogP contribution in [0.1, 0.15) is 52.4 Å². The third kappa shape index (κ3) is 5.56. The van der Waals surface area contributed by atoms with E-state index >= 15 is 0 Å². The van der Waals surface area contributed by atoms with E-state index in [9.17, 15) is 0 Å². The van der Waals surface area contributed by atoms with Gasteiger partial charge in [-0.1, -0.05) is 45.3 Å². The van der Waals surface area contributed by atoms with Gasteiger partial charge in [-0.05, 0) is 25.2 Å². The Labute approximate surface area is 112 Å². The summed E-state index contributed by atoms with van der Waals surface area (Å²) in [4.78, 5) is 4.30. The molecule has 3 heteroatoms. The van der Waals surface area contributed by atoms with Gasteiger partial charge < -0.3 is 10.6 Å². The Morgan fingerprint density at radius 1 is 1.33 bits per heavy atom. The van der Waals surface area contributed by atoms with Gasteiger partial charge in [0.2, 0.25) is 0 Å². The van der Waals surface area contributed by atoms with Gasteiger partial charge in [-0.15, -0.1) is 0 Å². The second kappa shape index (κ2) is 9.01. The molecule has 0 bridgehead atoms. The second-order valence-electron chi connectivity index (χ2n) is 5.15. The van der Waals surface area contributed by atoms with Crippen molar-refractivity contribution in [1.29, 1.82) is 0 Å². The number of nitrogens with one attached hydrogen (secondary N) is 2. The second-order valence-corrected chi connectivity index (χ2v) is 5.15. The van der Waals surface area contributed by atoms with E-state index < -0.39 is 0 Å². The van der Waals surface area contributed by atoms with Crippen LogP contribution < -0.4 is 10.6 Å². The van der Waals surface area contributed by atoms with E-state index in [-0.39, 0.29) is 0 Å². The first kappa shape index (κ1) is 15.1. The maximum atomic E-state index is 4.30. The van der Waals surface area contributed by atoms with Gasteiger partial charge in [-0.3, -0.25) is 4.99 Å². The summed E-state index contributed by atoms with van der Waals surface area (Å²) in [5.74, 6) is 1.73. The molecule has 0 aromatic carbocycles. The van der Waals surface area contributed by atoms with E-state index in [0.717, 1.165) is 31.3 Å². The van der Waals surface area contributed by atoms with Crippen LogP contribution in [0.15, 0.2) is 17.1 Å². The summed E-state index contributed by atoms with van der Waals surface area (Å²) in [7, 11) is 1.85. The SMILES string of the molecule is CCCCC(CC)CNC(=NC)NC1CC=CC1. The smallest absolute Gasteiger partial charge is 0.191 e. The molecule has 1 unspecified atom stereocenters. The molecule has 0 heterocycles. The molecule has 2 N–H and O–H groups in total. The average molecular weight is 251 g/mol. The summed E-state index contributed by atoms with van der Waals surface area (Å²) < 4.78 is 0. The van der Waals surface area contributed by atoms with Gasteiger partial charge in [0.15, 0.2) is 5.96 Å². The molecular formula is C15H29N3. The topological polar surface area (TPSA) is 36.4 Å². The van der Waals surface area contributed by atoms with Crippen molar-refractivity contribution in [2.75, 3.05) is 13.6 Å².